The van der Waals surface area contributed by atoms with Crippen LogP contribution in [-0.4, -0.2) is 92.6 Å². The minimum atomic E-state index is -1.31. The Kier molecular flexibility index (Phi) is 10.1. The maximum atomic E-state index is 13.1. The van der Waals surface area contributed by atoms with Gasteiger partial charge in [0.05, 0.1) is 12.6 Å². The SMILES string of the molecule is CCCN(CC(O)=C1C(=N)N(Cc2ccccc2)C(O)N(CC)C1=O)C(C)C(=O)N(CC)CC. The fourth-order valence-corrected chi connectivity index (χ4v) is 4.21. The summed E-state index contributed by atoms with van der Waals surface area (Å²) < 4.78 is 0. The summed E-state index contributed by atoms with van der Waals surface area (Å²) in [6.07, 6.45) is -0.555. The number of amides is 2. The third-order valence-electron chi connectivity index (χ3n) is 6.23. The number of benzene rings is 1. The molecule has 2 atom stereocenters. The van der Waals surface area contributed by atoms with Crippen molar-refractivity contribution in [1.29, 1.82) is 5.41 Å². The van der Waals surface area contributed by atoms with E-state index < -0.39 is 18.3 Å². The van der Waals surface area contributed by atoms with E-state index in [1.165, 1.54) is 9.80 Å². The van der Waals surface area contributed by atoms with Crippen molar-refractivity contribution in [3.05, 3.63) is 47.2 Å². The Morgan fingerprint density at radius 2 is 1.74 bits per heavy atom. The number of aliphatic hydroxyl groups excluding tert-OH is 2. The first-order valence-electron chi connectivity index (χ1n) is 12.0. The van der Waals surface area contributed by atoms with E-state index in [2.05, 4.69) is 0 Å². The zero-order chi connectivity index (χ0) is 25.4. The molecule has 0 saturated carbocycles. The molecule has 9 heteroatoms. The highest BCUT2D eigenvalue weighted by atomic mass is 16.3. The van der Waals surface area contributed by atoms with E-state index in [4.69, 9.17) is 5.41 Å². The molecule has 3 N–H and O–H groups in total. The molecule has 1 aliphatic rings. The summed E-state index contributed by atoms with van der Waals surface area (Å²) in [4.78, 5) is 32.3. The standard InChI is InChI=1S/C25H39N5O4/c1-6-15-28(18(5)23(32)27(7-2)8-3)17-20(31)21-22(26)30(16-19-13-11-10-12-14-19)25(34)29(9-4)24(21)33/h10-14,18,25-26,31,34H,6-9,15-17H2,1-5H3. The number of nitrogens with one attached hydrogen (secondary N) is 1. The molecule has 2 amide bonds. The van der Waals surface area contributed by atoms with Crippen LogP contribution in [0.25, 0.3) is 0 Å². The molecule has 1 aliphatic heterocycles. The lowest BCUT2D eigenvalue weighted by Crippen LogP contribution is -2.59. The summed E-state index contributed by atoms with van der Waals surface area (Å²) in [6.45, 7) is 11.5. The van der Waals surface area contributed by atoms with Gasteiger partial charge >= 0.3 is 0 Å². The number of carbonyl (C=O) groups excluding carboxylic acids is 2. The first-order chi connectivity index (χ1) is 16.2. The van der Waals surface area contributed by atoms with Gasteiger partial charge in [0, 0.05) is 26.2 Å². The van der Waals surface area contributed by atoms with Crippen molar-refractivity contribution in [2.24, 2.45) is 0 Å². The molecule has 0 radical (unpaired) electrons. The second-order valence-electron chi connectivity index (χ2n) is 8.38. The molecule has 1 heterocycles. The molecule has 188 valence electrons. The molecule has 1 fully saturated rings. The average molecular weight is 474 g/mol. The molecule has 0 bridgehead atoms. The van der Waals surface area contributed by atoms with Crippen molar-refractivity contribution in [2.75, 3.05) is 32.7 Å². The number of carbonyl (C=O) groups is 2. The van der Waals surface area contributed by atoms with Gasteiger partial charge in [-0.1, -0.05) is 37.3 Å². The highest BCUT2D eigenvalue weighted by Gasteiger charge is 2.41. The van der Waals surface area contributed by atoms with Gasteiger partial charge in [-0.25, -0.2) is 0 Å². The van der Waals surface area contributed by atoms with Gasteiger partial charge in [0.25, 0.3) is 5.91 Å². The van der Waals surface area contributed by atoms with Gasteiger partial charge in [0.15, 0.2) is 0 Å². The average Bonchev–Trinajstić information content (AvgIpc) is 2.82. The second kappa shape index (κ2) is 12.5. The van der Waals surface area contributed by atoms with Crippen LogP contribution >= 0.6 is 0 Å². The van der Waals surface area contributed by atoms with Crippen LogP contribution in [0.3, 0.4) is 0 Å². The summed E-state index contributed by atoms with van der Waals surface area (Å²) >= 11 is 0. The Labute approximate surface area is 202 Å². The zero-order valence-electron chi connectivity index (χ0n) is 21.0. The highest BCUT2D eigenvalue weighted by molar-refractivity contribution is 6.21. The van der Waals surface area contributed by atoms with E-state index in [1.54, 1.807) is 18.7 Å². The number of rotatable bonds is 11. The zero-order valence-corrected chi connectivity index (χ0v) is 21.0. The van der Waals surface area contributed by atoms with E-state index in [0.29, 0.717) is 19.6 Å². The molecule has 0 spiro atoms. The maximum Gasteiger partial charge on any atom is 0.264 e. The quantitative estimate of drug-likeness (QED) is 0.336. The minimum Gasteiger partial charge on any atom is -0.510 e. The predicted octanol–water partition coefficient (Wildman–Crippen LogP) is 2.38. The predicted molar refractivity (Wildman–Crippen MR) is 132 cm³/mol. The van der Waals surface area contributed by atoms with Crippen molar-refractivity contribution in [3.63, 3.8) is 0 Å². The van der Waals surface area contributed by atoms with Gasteiger partial charge in [-0.15, -0.1) is 0 Å². The Bertz CT molecular complexity index is 885. The van der Waals surface area contributed by atoms with E-state index in [-0.39, 0.29) is 42.7 Å². The Balaban J connectivity index is 2.39. The van der Waals surface area contributed by atoms with Crippen LogP contribution in [0, 0.1) is 5.41 Å². The minimum absolute atomic E-state index is 0.0434. The van der Waals surface area contributed by atoms with Crippen molar-refractivity contribution >= 4 is 17.6 Å². The second-order valence-corrected chi connectivity index (χ2v) is 8.38. The first kappa shape index (κ1) is 27.3. The topological polar surface area (TPSA) is 111 Å². The Morgan fingerprint density at radius 3 is 2.26 bits per heavy atom. The van der Waals surface area contributed by atoms with Crippen LogP contribution in [0.15, 0.2) is 41.7 Å². The van der Waals surface area contributed by atoms with Crippen molar-refractivity contribution < 1.29 is 19.8 Å². The van der Waals surface area contributed by atoms with Gasteiger partial charge in [-0.2, -0.15) is 0 Å². The molecule has 2 rings (SSSR count). The number of hydrogen-bond acceptors (Lipinski definition) is 6. The molecule has 1 saturated heterocycles. The largest absolute Gasteiger partial charge is 0.510 e. The number of hydrogen-bond donors (Lipinski definition) is 3. The van der Waals surface area contributed by atoms with Crippen LogP contribution in [-0.2, 0) is 16.1 Å². The molecular weight excluding hydrogens is 434 g/mol. The first-order valence-corrected chi connectivity index (χ1v) is 12.0. The smallest absolute Gasteiger partial charge is 0.264 e. The summed E-state index contributed by atoms with van der Waals surface area (Å²) in [5, 5.41) is 30.6. The Hall–Kier alpha value is -2.91. The third-order valence-corrected chi connectivity index (χ3v) is 6.23. The maximum absolute atomic E-state index is 13.1. The van der Waals surface area contributed by atoms with E-state index >= 15 is 0 Å². The highest BCUT2D eigenvalue weighted by Crippen LogP contribution is 2.24. The van der Waals surface area contributed by atoms with Gasteiger partial charge in [0.1, 0.15) is 17.2 Å². The monoisotopic (exact) mass is 473 g/mol. The number of likely N-dealkylation sites (N-methyl/N-ethyl adjacent to an activating group) is 2. The molecule has 34 heavy (non-hydrogen) atoms. The van der Waals surface area contributed by atoms with Crippen LogP contribution in [0.1, 0.15) is 46.6 Å². The van der Waals surface area contributed by atoms with E-state index in [0.717, 1.165) is 12.0 Å². The van der Waals surface area contributed by atoms with Crippen LogP contribution in [0.4, 0.5) is 0 Å². The molecule has 2 unspecified atom stereocenters. The summed E-state index contributed by atoms with van der Waals surface area (Å²) in [5.74, 6) is -1.15. The van der Waals surface area contributed by atoms with Gasteiger partial charge < -0.3 is 20.0 Å². The number of nitrogens with zero attached hydrogens (tertiary/aromatic N) is 4. The van der Waals surface area contributed by atoms with Crippen LogP contribution in [0.5, 0.6) is 0 Å². The van der Waals surface area contributed by atoms with Gasteiger partial charge in [-0.05, 0) is 46.2 Å². The molecule has 0 aromatic heterocycles. The van der Waals surface area contributed by atoms with Crippen LogP contribution < -0.4 is 0 Å². The molecule has 9 nitrogen and oxygen atoms in total. The molecule has 0 aliphatic carbocycles. The van der Waals surface area contributed by atoms with Gasteiger partial charge in [-0.3, -0.25) is 24.8 Å². The summed E-state index contributed by atoms with van der Waals surface area (Å²) in [5.41, 5.74) is 0.716. The normalized spacial score (nSPS) is 19.0. The van der Waals surface area contributed by atoms with Crippen molar-refractivity contribution in [2.45, 2.75) is 60.0 Å². The molecule has 1 aromatic rings. The lowest BCUT2D eigenvalue weighted by atomic mass is 10.1. The van der Waals surface area contributed by atoms with Crippen molar-refractivity contribution in [1.82, 2.24) is 19.6 Å². The lowest BCUT2D eigenvalue weighted by molar-refractivity contribution is -0.151. The lowest BCUT2D eigenvalue weighted by Gasteiger charge is -2.42. The number of aliphatic hydroxyl groups is 2. The van der Waals surface area contributed by atoms with E-state index in [1.807, 2.05) is 56.0 Å². The molecule has 1 aromatic carbocycles. The number of amidine groups is 1. The van der Waals surface area contributed by atoms with Gasteiger partial charge in [0.2, 0.25) is 12.3 Å². The van der Waals surface area contributed by atoms with Crippen molar-refractivity contribution in [3.8, 4) is 0 Å². The van der Waals surface area contributed by atoms with E-state index in [9.17, 15) is 19.8 Å². The summed E-state index contributed by atoms with van der Waals surface area (Å²) in [7, 11) is 0. The summed E-state index contributed by atoms with van der Waals surface area (Å²) in [6, 6.07) is 8.86. The Morgan fingerprint density at radius 1 is 1.12 bits per heavy atom. The molecular formula is C25H39N5O4. The third kappa shape index (κ3) is 5.95. The fraction of sp³-hybridized carbons (Fsp3) is 0.560. The van der Waals surface area contributed by atoms with Crippen LogP contribution in [0.2, 0.25) is 0 Å². The fourth-order valence-electron chi connectivity index (χ4n) is 4.21.